The predicted molar refractivity (Wildman–Crippen MR) is 110 cm³/mol. The highest BCUT2D eigenvalue weighted by Crippen LogP contribution is 2.16. The number of hydrogen-bond acceptors (Lipinski definition) is 3. The second-order valence-electron chi connectivity index (χ2n) is 7.11. The van der Waals surface area contributed by atoms with Crippen molar-refractivity contribution in [2.24, 2.45) is 0 Å². The van der Waals surface area contributed by atoms with Gasteiger partial charge in [0, 0.05) is 6.54 Å². The number of aromatic nitrogens is 4. The van der Waals surface area contributed by atoms with Crippen LogP contribution in [0.3, 0.4) is 0 Å². The lowest BCUT2D eigenvalue weighted by Gasteiger charge is -2.13. The van der Waals surface area contributed by atoms with Crippen LogP contribution in [-0.2, 0) is 19.6 Å². The van der Waals surface area contributed by atoms with Crippen molar-refractivity contribution in [1.29, 1.82) is 0 Å². The summed E-state index contributed by atoms with van der Waals surface area (Å²) in [5.41, 5.74) is 1.52. The Morgan fingerprint density at radius 2 is 1.57 bits per heavy atom. The molecule has 2 heterocycles. The van der Waals surface area contributed by atoms with Gasteiger partial charge >= 0.3 is 5.69 Å². The van der Waals surface area contributed by atoms with Crippen molar-refractivity contribution in [2.45, 2.75) is 33.5 Å². The normalized spacial score (nSPS) is 11.3. The van der Waals surface area contributed by atoms with E-state index < -0.39 is 22.9 Å². The molecule has 0 spiro atoms. The van der Waals surface area contributed by atoms with Crippen LogP contribution in [0.1, 0.15) is 23.7 Å². The van der Waals surface area contributed by atoms with Crippen LogP contribution >= 0.6 is 0 Å². The molecule has 0 atom stereocenters. The van der Waals surface area contributed by atoms with Crippen LogP contribution in [0.25, 0.3) is 11.0 Å². The quantitative estimate of drug-likeness (QED) is 0.508. The first-order valence-electron chi connectivity index (χ1n) is 9.58. The van der Waals surface area contributed by atoms with Gasteiger partial charge in [-0.1, -0.05) is 24.3 Å². The summed E-state index contributed by atoms with van der Waals surface area (Å²) >= 11 is 0. The van der Waals surface area contributed by atoms with E-state index in [1.54, 1.807) is 23.7 Å². The van der Waals surface area contributed by atoms with Gasteiger partial charge in [0.15, 0.2) is 5.52 Å². The first-order valence-corrected chi connectivity index (χ1v) is 9.58. The van der Waals surface area contributed by atoms with Crippen LogP contribution in [0.5, 0.6) is 0 Å². The molecule has 154 valence electrons. The van der Waals surface area contributed by atoms with Gasteiger partial charge in [-0.15, -0.1) is 0 Å². The molecule has 0 unspecified atom stereocenters. The van der Waals surface area contributed by atoms with Gasteiger partial charge in [-0.05, 0) is 49.2 Å². The Bertz CT molecular complexity index is 1350. The summed E-state index contributed by atoms with van der Waals surface area (Å²) in [4.78, 5) is 26.6. The van der Waals surface area contributed by atoms with Gasteiger partial charge in [0.05, 0.1) is 24.3 Å². The molecule has 2 aromatic carbocycles. The van der Waals surface area contributed by atoms with Crippen LogP contribution in [-0.4, -0.2) is 18.9 Å². The predicted octanol–water partition coefficient (Wildman–Crippen LogP) is 3.06. The number of benzene rings is 2. The van der Waals surface area contributed by atoms with Crippen molar-refractivity contribution >= 4 is 11.0 Å². The first-order chi connectivity index (χ1) is 14.4. The van der Waals surface area contributed by atoms with Crippen molar-refractivity contribution in [3.05, 3.63) is 97.8 Å². The van der Waals surface area contributed by atoms with Crippen molar-refractivity contribution in [2.75, 3.05) is 0 Å². The fourth-order valence-electron chi connectivity index (χ4n) is 3.67. The molecular weight excluding hydrogens is 390 g/mol. The third-order valence-electron chi connectivity index (χ3n) is 5.06. The number of rotatable bonds is 5. The van der Waals surface area contributed by atoms with E-state index in [2.05, 4.69) is 5.10 Å². The number of hydrogen-bond donors (Lipinski definition) is 0. The summed E-state index contributed by atoms with van der Waals surface area (Å²) in [5, 5.41) is 4.41. The van der Waals surface area contributed by atoms with Gasteiger partial charge in [0.2, 0.25) is 0 Å². The third kappa shape index (κ3) is 3.45. The van der Waals surface area contributed by atoms with Gasteiger partial charge in [0.1, 0.15) is 11.6 Å². The topological polar surface area (TPSA) is 61.8 Å². The van der Waals surface area contributed by atoms with E-state index in [1.165, 1.54) is 41.0 Å². The second kappa shape index (κ2) is 7.70. The molecule has 0 amide bonds. The lowest BCUT2D eigenvalue weighted by atomic mass is 10.2. The second-order valence-corrected chi connectivity index (χ2v) is 7.11. The Morgan fingerprint density at radius 1 is 0.867 bits per heavy atom. The molecule has 2 aromatic heterocycles. The standard InChI is InChI=1S/C22H20F2N4O2/c1-3-28-20-19(14(2)25-28)26(13-16-5-4-6-18(24)11-16)22(30)27(21(20)29)12-15-7-9-17(23)10-8-15/h4-11H,3,12-13H2,1-2H3. The van der Waals surface area contributed by atoms with Gasteiger partial charge < -0.3 is 0 Å². The number of aryl methyl sites for hydroxylation is 2. The van der Waals surface area contributed by atoms with Crippen LogP contribution in [0, 0.1) is 18.6 Å². The van der Waals surface area contributed by atoms with E-state index in [0.717, 1.165) is 4.57 Å². The van der Waals surface area contributed by atoms with Gasteiger partial charge in [0.25, 0.3) is 5.56 Å². The van der Waals surface area contributed by atoms with Gasteiger partial charge in [-0.25, -0.2) is 13.6 Å². The molecular formula is C22H20F2N4O2. The zero-order valence-electron chi connectivity index (χ0n) is 16.6. The fourth-order valence-corrected chi connectivity index (χ4v) is 3.67. The van der Waals surface area contributed by atoms with E-state index in [9.17, 15) is 18.4 Å². The maximum absolute atomic E-state index is 13.7. The minimum absolute atomic E-state index is 0.00895. The van der Waals surface area contributed by atoms with Crippen molar-refractivity contribution in [1.82, 2.24) is 18.9 Å². The van der Waals surface area contributed by atoms with E-state index in [-0.39, 0.29) is 13.1 Å². The number of fused-ring (bicyclic) bond motifs is 1. The monoisotopic (exact) mass is 410 g/mol. The third-order valence-corrected chi connectivity index (χ3v) is 5.06. The number of nitrogens with zero attached hydrogens (tertiary/aromatic N) is 4. The summed E-state index contributed by atoms with van der Waals surface area (Å²) in [6.07, 6.45) is 0. The molecule has 0 aliphatic rings. The Morgan fingerprint density at radius 3 is 2.23 bits per heavy atom. The zero-order chi connectivity index (χ0) is 21.4. The lowest BCUT2D eigenvalue weighted by molar-refractivity contribution is 0.608. The summed E-state index contributed by atoms with van der Waals surface area (Å²) < 4.78 is 31.1. The maximum Gasteiger partial charge on any atom is 0.332 e. The van der Waals surface area contributed by atoms with Crippen LogP contribution in [0.4, 0.5) is 8.78 Å². The molecule has 0 N–H and O–H groups in total. The molecule has 0 radical (unpaired) electrons. The van der Waals surface area contributed by atoms with Gasteiger partial charge in [-0.3, -0.25) is 18.6 Å². The molecule has 0 fully saturated rings. The highest BCUT2D eigenvalue weighted by Gasteiger charge is 2.20. The van der Waals surface area contributed by atoms with E-state index >= 15 is 0 Å². The van der Waals surface area contributed by atoms with E-state index in [4.69, 9.17) is 0 Å². The molecule has 0 saturated heterocycles. The summed E-state index contributed by atoms with van der Waals surface area (Å²) in [6, 6.07) is 11.6. The molecule has 0 bridgehead atoms. The molecule has 4 aromatic rings. The van der Waals surface area contributed by atoms with Gasteiger partial charge in [-0.2, -0.15) is 5.10 Å². The summed E-state index contributed by atoms with van der Waals surface area (Å²) in [6.45, 7) is 4.13. The van der Waals surface area contributed by atoms with Crippen molar-refractivity contribution in [3.8, 4) is 0 Å². The largest absolute Gasteiger partial charge is 0.332 e. The summed E-state index contributed by atoms with van der Waals surface area (Å²) in [7, 11) is 0. The molecule has 6 nitrogen and oxygen atoms in total. The first kappa shape index (κ1) is 19.8. The molecule has 8 heteroatoms. The van der Waals surface area contributed by atoms with Crippen LogP contribution in [0.15, 0.2) is 58.1 Å². The molecule has 4 rings (SSSR count). The van der Waals surface area contributed by atoms with Crippen molar-refractivity contribution < 1.29 is 8.78 Å². The maximum atomic E-state index is 13.7. The Kier molecular flexibility index (Phi) is 5.07. The average Bonchev–Trinajstić information content (AvgIpc) is 3.06. The Labute approximate surface area is 170 Å². The Hall–Kier alpha value is -3.55. The minimum atomic E-state index is -0.528. The van der Waals surface area contributed by atoms with Crippen LogP contribution < -0.4 is 11.2 Å². The van der Waals surface area contributed by atoms with E-state index in [0.29, 0.717) is 34.4 Å². The molecule has 0 aliphatic heterocycles. The summed E-state index contributed by atoms with van der Waals surface area (Å²) in [5.74, 6) is -0.804. The zero-order valence-corrected chi connectivity index (χ0v) is 16.6. The lowest BCUT2D eigenvalue weighted by Crippen LogP contribution is -2.41. The number of halogens is 2. The van der Waals surface area contributed by atoms with Crippen molar-refractivity contribution in [3.63, 3.8) is 0 Å². The SMILES string of the molecule is CCn1nc(C)c2c1c(=O)n(Cc1ccc(F)cc1)c(=O)n2Cc1cccc(F)c1. The minimum Gasteiger partial charge on any atom is -0.285 e. The molecule has 30 heavy (non-hydrogen) atoms. The smallest absolute Gasteiger partial charge is 0.285 e. The molecule has 0 aliphatic carbocycles. The highest BCUT2D eigenvalue weighted by atomic mass is 19.1. The highest BCUT2D eigenvalue weighted by molar-refractivity contribution is 5.77. The molecule has 0 saturated carbocycles. The van der Waals surface area contributed by atoms with E-state index in [1.807, 2.05) is 6.92 Å². The Balaban J connectivity index is 1.96. The van der Waals surface area contributed by atoms with Crippen LogP contribution in [0.2, 0.25) is 0 Å². The fraction of sp³-hybridized carbons (Fsp3) is 0.227. The average molecular weight is 410 g/mol.